The van der Waals surface area contributed by atoms with Crippen molar-refractivity contribution in [1.29, 1.82) is 0 Å². The van der Waals surface area contributed by atoms with Crippen molar-refractivity contribution in [2.45, 2.75) is 19.5 Å². The van der Waals surface area contributed by atoms with Gasteiger partial charge in [-0.3, -0.25) is 19.1 Å². The Labute approximate surface area is 164 Å². The van der Waals surface area contributed by atoms with E-state index in [9.17, 15) is 14.4 Å². The van der Waals surface area contributed by atoms with Crippen LogP contribution >= 0.6 is 0 Å². The van der Waals surface area contributed by atoms with E-state index in [0.717, 1.165) is 5.56 Å². The Kier molecular flexibility index (Phi) is 5.77. The number of carbonyl (C=O) groups excluding carboxylic acids is 3. The summed E-state index contributed by atoms with van der Waals surface area (Å²) in [5.41, 5.74) is 1.45. The lowest BCUT2D eigenvalue weighted by atomic mass is 10.0. The summed E-state index contributed by atoms with van der Waals surface area (Å²) in [6.07, 6.45) is 3.54. The van der Waals surface area contributed by atoms with Gasteiger partial charge >= 0.3 is 0 Å². The van der Waals surface area contributed by atoms with Crippen molar-refractivity contribution in [2.24, 2.45) is 0 Å². The quantitative estimate of drug-likeness (QED) is 0.778. The monoisotopic (exact) mass is 383 g/mol. The molecule has 28 heavy (non-hydrogen) atoms. The van der Waals surface area contributed by atoms with Crippen LogP contribution in [0.2, 0.25) is 0 Å². The third-order valence-electron chi connectivity index (χ3n) is 4.94. The Morgan fingerprint density at radius 2 is 1.89 bits per heavy atom. The molecule has 1 aromatic carbocycles. The number of hydrogen-bond acceptors (Lipinski definition) is 4. The molecular weight excluding hydrogens is 358 g/mol. The Morgan fingerprint density at radius 1 is 1.14 bits per heavy atom. The molecule has 0 aliphatic carbocycles. The van der Waals surface area contributed by atoms with Crippen molar-refractivity contribution < 1.29 is 14.4 Å². The van der Waals surface area contributed by atoms with Gasteiger partial charge in [-0.15, -0.1) is 0 Å². The van der Waals surface area contributed by atoms with Gasteiger partial charge in [0, 0.05) is 52.1 Å². The van der Waals surface area contributed by atoms with Crippen molar-refractivity contribution in [2.75, 3.05) is 33.7 Å². The zero-order valence-corrected chi connectivity index (χ0v) is 16.4. The molecule has 2 heterocycles. The SMILES string of the molecule is CC(=O)N1CCN(C(=O)c2ccccc2Cn2cccn2)CC1C(=O)N(C)C. The molecule has 1 fully saturated rings. The van der Waals surface area contributed by atoms with Crippen LogP contribution in [-0.4, -0.2) is 82.0 Å². The number of nitrogens with zero attached hydrogens (tertiary/aromatic N) is 5. The second-order valence-corrected chi connectivity index (χ2v) is 7.07. The van der Waals surface area contributed by atoms with Crippen molar-refractivity contribution in [1.82, 2.24) is 24.5 Å². The van der Waals surface area contributed by atoms with Crippen LogP contribution in [0.25, 0.3) is 0 Å². The molecule has 3 amide bonds. The number of rotatable bonds is 4. The highest BCUT2D eigenvalue weighted by atomic mass is 16.2. The smallest absolute Gasteiger partial charge is 0.254 e. The molecule has 1 atom stereocenters. The van der Waals surface area contributed by atoms with E-state index in [2.05, 4.69) is 5.10 Å². The zero-order valence-electron chi connectivity index (χ0n) is 16.4. The first-order chi connectivity index (χ1) is 13.4. The van der Waals surface area contributed by atoms with Crippen LogP contribution < -0.4 is 0 Å². The molecule has 8 heteroatoms. The molecule has 148 valence electrons. The van der Waals surface area contributed by atoms with E-state index in [4.69, 9.17) is 0 Å². The van der Waals surface area contributed by atoms with Gasteiger partial charge in [0.15, 0.2) is 0 Å². The first kappa shape index (κ1) is 19.6. The van der Waals surface area contributed by atoms with Crippen molar-refractivity contribution in [3.8, 4) is 0 Å². The predicted molar refractivity (Wildman–Crippen MR) is 104 cm³/mol. The summed E-state index contributed by atoms with van der Waals surface area (Å²) in [6, 6.07) is 8.59. The van der Waals surface area contributed by atoms with Crippen LogP contribution in [0.15, 0.2) is 42.7 Å². The maximum absolute atomic E-state index is 13.2. The molecular formula is C20H25N5O3. The number of likely N-dealkylation sites (N-methyl/N-ethyl adjacent to an activating group) is 1. The highest BCUT2D eigenvalue weighted by molar-refractivity contribution is 5.97. The van der Waals surface area contributed by atoms with Crippen LogP contribution in [0.3, 0.4) is 0 Å². The third kappa shape index (κ3) is 4.05. The Balaban J connectivity index is 1.83. The molecule has 3 rings (SSSR count). The maximum Gasteiger partial charge on any atom is 0.254 e. The molecule has 1 aromatic heterocycles. The van der Waals surface area contributed by atoms with Crippen LogP contribution in [0, 0.1) is 0 Å². The molecule has 0 bridgehead atoms. The summed E-state index contributed by atoms with van der Waals surface area (Å²) < 4.78 is 1.76. The highest BCUT2D eigenvalue weighted by Gasteiger charge is 2.37. The molecule has 0 radical (unpaired) electrons. The van der Waals surface area contributed by atoms with E-state index < -0.39 is 6.04 Å². The molecule has 1 aliphatic heterocycles. The standard InChI is InChI=1S/C20H25N5O3/c1-15(26)25-12-11-23(14-18(25)20(28)22(2)3)19(27)17-8-5-4-7-16(17)13-24-10-6-9-21-24/h4-10,18H,11-14H2,1-3H3. The molecule has 0 saturated carbocycles. The fraction of sp³-hybridized carbons (Fsp3) is 0.400. The minimum Gasteiger partial charge on any atom is -0.347 e. The molecule has 1 aliphatic rings. The third-order valence-corrected chi connectivity index (χ3v) is 4.94. The lowest BCUT2D eigenvalue weighted by Gasteiger charge is -2.41. The lowest BCUT2D eigenvalue weighted by Crippen LogP contribution is -2.61. The van der Waals surface area contributed by atoms with Gasteiger partial charge in [0.1, 0.15) is 6.04 Å². The summed E-state index contributed by atoms with van der Waals surface area (Å²) in [5.74, 6) is -0.480. The molecule has 1 saturated heterocycles. The minimum atomic E-state index is -0.663. The molecule has 2 aromatic rings. The van der Waals surface area contributed by atoms with Crippen molar-refractivity contribution in [3.05, 3.63) is 53.9 Å². The van der Waals surface area contributed by atoms with E-state index in [1.807, 2.05) is 30.5 Å². The number of amides is 3. The number of carbonyl (C=O) groups is 3. The summed E-state index contributed by atoms with van der Waals surface area (Å²) >= 11 is 0. The zero-order chi connectivity index (χ0) is 20.3. The first-order valence-electron chi connectivity index (χ1n) is 9.21. The van der Waals surface area contributed by atoms with Crippen molar-refractivity contribution >= 4 is 17.7 Å². The second-order valence-electron chi connectivity index (χ2n) is 7.07. The fourth-order valence-electron chi connectivity index (χ4n) is 3.46. The normalized spacial score (nSPS) is 16.8. The van der Waals surface area contributed by atoms with Crippen LogP contribution in [0.1, 0.15) is 22.8 Å². The van der Waals surface area contributed by atoms with Gasteiger partial charge in [-0.05, 0) is 17.7 Å². The average molecular weight is 383 g/mol. The molecule has 0 N–H and O–H groups in total. The summed E-state index contributed by atoms with van der Waals surface area (Å²) in [6.45, 7) is 2.86. The van der Waals surface area contributed by atoms with Gasteiger partial charge in [-0.25, -0.2) is 0 Å². The van der Waals surface area contributed by atoms with E-state index in [1.165, 1.54) is 11.8 Å². The maximum atomic E-state index is 13.2. The average Bonchev–Trinajstić information content (AvgIpc) is 3.19. The van der Waals surface area contributed by atoms with E-state index in [-0.39, 0.29) is 24.3 Å². The van der Waals surface area contributed by atoms with Crippen molar-refractivity contribution in [3.63, 3.8) is 0 Å². The van der Waals surface area contributed by atoms with Gasteiger partial charge < -0.3 is 14.7 Å². The number of benzene rings is 1. The fourth-order valence-corrected chi connectivity index (χ4v) is 3.46. The van der Waals surface area contributed by atoms with Gasteiger partial charge in [0.25, 0.3) is 5.91 Å². The molecule has 8 nitrogen and oxygen atoms in total. The van der Waals surface area contributed by atoms with Gasteiger partial charge in [0.2, 0.25) is 11.8 Å². The number of hydrogen-bond donors (Lipinski definition) is 0. The minimum absolute atomic E-state index is 0.137. The summed E-state index contributed by atoms with van der Waals surface area (Å²) in [5, 5.41) is 4.21. The van der Waals surface area contributed by atoms with Gasteiger partial charge in [-0.1, -0.05) is 18.2 Å². The first-order valence-corrected chi connectivity index (χ1v) is 9.21. The second kappa shape index (κ2) is 8.24. The Bertz CT molecular complexity index is 862. The lowest BCUT2D eigenvalue weighted by molar-refractivity contribution is -0.146. The molecule has 0 spiro atoms. The Morgan fingerprint density at radius 3 is 2.54 bits per heavy atom. The predicted octanol–water partition coefficient (Wildman–Crippen LogP) is 0.693. The largest absolute Gasteiger partial charge is 0.347 e. The number of aromatic nitrogens is 2. The summed E-state index contributed by atoms with van der Waals surface area (Å²) in [7, 11) is 3.31. The topological polar surface area (TPSA) is 78.8 Å². The van der Waals surface area contributed by atoms with E-state index >= 15 is 0 Å². The van der Waals surface area contributed by atoms with Crippen LogP contribution in [0.4, 0.5) is 0 Å². The summed E-state index contributed by atoms with van der Waals surface area (Å²) in [4.78, 5) is 42.4. The highest BCUT2D eigenvalue weighted by Crippen LogP contribution is 2.18. The Hall–Kier alpha value is -3.16. The van der Waals surface area contributed by atoms with Crippen LogP contribution in [-0.2, 0) is 16.1 Å². The van der Waals surface area contributed by atoms with E-state index in [0.29, 0.717) is 25.2 Å². The van der Waals surface area contributed by atoms with E-state index in [1.54, 1.807) is 40.8 Å². The van der Waals surface area contributed by atoms with Gasteiger partial charge in [-0.2, -0.15) is 5.10 Å². The number of piperazine rings is 1. The van der Waals surface area contributed by atoms with Gasteiger partial charge in [0.05, 0.1) is 13.1 Å². The van der Waals surface area contributed by atoms with Crippen LogP contribution in [0.5, 0.6) is 0 Å². The molecule has 1 unspecified atom stereocenters.